The summed E-state index contributed by atoms with van der Waals surface area (Å²) in [4.78, 5) is 13.8. The van der Waals surface area contributed by atoms with Crippen molar-refractivity contribution >= 4 is 55.1 Å². The molecular weight excluding hydrogens is 427 g/mol. The first-order chi connectivity index (χ1) is 10.7. The molecule has 5 nitrogen and oxygen atoms in total. The number of nitrogens with one attached hydrogen (secondary N) is 1. The maximum absolute atomic E-state index is 12.5. The Bertz CT molecular complexity index is 683. The summed E-state index contributed by atoms with van der Waals surface area (Å²) < 4.78 is 28.0. The first kappa shape index (κ1) is 19.0. The van der Waals surface area contributed by atoms with Gasteiger partial charge < -0.3 is 4.90 Å². The number of piperidine rings is 1. The number of benzene rings is 1. The van der Waals surface area contributed by atoms with E-state index in [1.807, 2.05) is 0 Å². The molecule has 0 aliphatic carbocycles. The van der Waals surface area contributed by atoms with E-state index in [1.165, 1.54) is 19.1 Å². The smallest absolute Gasteiger partial charge is 0.244 e. The molecule has 0 radical (unpaired) electrons. The van der Waals surface area contributed by atoms with Gasteiger partial charge in [0, 0.05) is 17.6 Å². The third-order valence-corrected chi connectivity index (χ3v) is 6.52. The quantitative estimate of drug-likeness (QED) is 0.774. The SMILES string of the molecule is CC(NS(=O)(=O)c1c(Cl)cc(Br)cc1Cl)C(=O)N1CCCCC1. The number of hydrogen-bond donors (Lipinski definition) is 1. The van der Waals surface area contributed by atoms with Gasteiger partial charge in [0.05, 0.1) is 16.1 Å². The third kappa shape index (κ3) is 4.60. The van der Waals surface area contributed by atoms with E-state index >= 15 is 0 Å². The molecule has 0 aromatic heterocycles. The van der Waals surface area contributed by atoms with Gasteiger partial charge in [-0.05, 0) is 38.3 Å². The van der Waals surface area contributed by atoms with Crippen LogP contribution < -0.4 is 4.72 Å². The lowest BCUT2D eigenvalue weighted by Crippen LogP contribution is -2.48. The number of hydrogen-bond acceptors (Lipinski definition) is 3. The van der Waals surface area contributed by atoms with E-state index in [0.29, 0.717) is 17.6 Å². The van der Waals surface area contributed by atoms with Crippen LogP contribution in [0.4, 0.5) is 0 Å². The van der Waals surface area contributed by atoms with Crippen LogP contribution >= 0.6 is 39.1 Å². The predicted octanol–water partition coefficient (Wildman–Crippen LogP) is 3.44. The Morgan fingerprint density at radius 2 is 1.74 bits per heavy atom. The lowest BCUT2D eigenvalue weighted by Gasteiger charge is -2.29. The minimum absolute atomic E-state index is 0.00510. The fourth-order valence-corrected chi connectivity index (χ4v) is 5.65. The molecule has 1 amide bonds. The van der Waals surface area contributed by atoms with Crippen molar-refractivity contribution in [2.75, 3.05) is 13.1 Å². The maximum atomic E-state index is 12.5. The molecule has 1 atom stereocenters. The number of carbonyl (C=O) groups is 1. The van der Waals surface area contributed by atoms with Crippen molar-refractivity contribution in [1.29, 1.82) is 0 Å². The third-order valence-electron chi connectivity index (χ3n) is 3.60. The second-order valence-electron chi connectivity index (χ2n) is 5.43. The molecule has 0 bridgehead atoms. The lowest BCUT2D eigenvalue weighted by atomic mass is 10.1. The molecule has 1 heterocycles. The molecule has 1 unspecified atom stereocenters. The molecule has 128 valence electrons. The first-order valence-electron chi connectivity index (χ1n) is 7.18. The van der Waals surface area contributed by atoms with Gasteiger partial charge in [-0.1, -0.05) is 39.1 Å². The zero-order valence-electron chi connectivity index (χ0n) is 12.5. The highest BCUT2D eigenvalue weighted by atomic mass is 79.9. The second kappa shape index (κ2) is 7.70. The minimum atomic E-state index is -4.00. The monoisotopic (exact) mass is 442 g/mol. The van der Waals surface area contributed by atoms with Crippen LogP contribution in [0, 0.1) is 0 Å². The highest BCUT2D eigenvalue weighted by molar-refractivity contribution is 9.10. The van der Waals surface area contributed by atoms with E-state index in [4.69, 9.17) is 23.2 Å². The van der Waals surface area contributed by atoms with E-state index < -0.39 is 16.1 Å². The first-order valence-corrected chi connectivity index (χ1v) is 10.2. The zero-order chi connectivity index (χ0) is 17.2. The van der Waals surface area contributed by atoms with Gasteiger partial charge in [-0.15, -0.1) is 0 Å². The average Bonchev–Trinajstić information content (AvgIpc) is 2.45. The van der Waals surface area contributed by atoms with Gasteiger partial charge in [0.25, 0.3) is 0 Å². The maximum Gasteiger partial charge on any atom is 0.244 e. The van der Waals surface area contributed by atoms with Crippen molar-refractivity contribution in [2.24, 2.45) is 0 Å². The summed E-state index contributed by atoms with van der Waals surface area (Å²) in [5.41, 5.74) is 0. The molecule has 1 aromatic rings. The number of carbonyl (C=O) groups excluding carboxylic acids is 1. The van der Waals surface area contributed by atoms with Crippen molar-refractivity contribution in [1.82, 2.24) is 9.62 Å². The van der Waals surface area contributed by atoms with Crippen LogP contribution in [0.5, 0.6) is 0 Å². The van der Waals surface area contributed by atoms with Crippen molar-refractivity contribution in [3.63, 3.8) is 0 Å². The van der Waals surface area contributed by atoms with Gasteiger partial charge in [-0.2, -0.15) is 4.72 Å². The Morgan fingerprint density at radius 1 is 1.22 bits per heavy atom. The van der Waals surface area contributed by atoms with Gasteiger partial charge >= 0.3 is 0 Å². The van der Waals surface area contributed by atoms with Crippen LogP contribution in [-0.2, 0) is 14.8 Å². The number of sulfonamides is 1. The molecule has 1 fully saturated rings. The lowest BCUT2D eigenvalue weighted by molar-refractivity contribution is -0.133. The van der Waals surface area contributed by atoms with E-state index in [9.17, 15) is 13.2 Å². The number of likely N-dealkylation sites (tertiary alicyclic amines) is 1. The largest absolute Gasteiger partial charge is 0.341 e. The van der Waals surface area contributed by atoms with Crippen LogP contribution in [0.25, 0.3) is 0 Å². The predicted molar refractivity (Wildman–Crippen MR) is 94.4 cm³/mol. The summed E-state index contributed by atoms with van der Waals surface area (Å²) in [5.74, 6) is -0.238. The molecule has 1 aromatic carbocycles. The van der Waals surface area contributed by atoms with Crippen LogP contribution in [0.3, 0.4) is 0 Å². The number of amides is 1. The molecule has 23 heavy (non-hydrogen) atoms. The molecule has 1 saturated heterocycles. The zero-order valence-corrected chi connectivity index (χ0v) is 16.4. The van der Waals surface area contributed by atoms with Crippen molar-refractivity contribution in [3.05, 3.63) is 26.7 Å². The average molecular weight is 444 g/mol. The van der Waals surface area contributed by atoms with Crippen LogP contribution in [-0.4, -0.2) is 38.4 Å². The fraction of sp³-hybridized carbons (Fsp3) is 0.500. The topological polar surface area (TPSA) is 66.5 Å². The van der Waals surface area contributed by atoms with Crippen molar-refractivity contribution < 1.29 is 13.2 Å². The van der Waals surface area contributed by atoms with E-state index in [1.54, 1.807) is 4.90 Å². The van der Waals surface area contributed by atoms with Crippen LogP contribution in [0.15, 0.2) is 21.5 Å². The van der Waals surface area contributed by atoms with Crippen molar-refractivity contribution in [2.45, 2.75) is 37.1 Å². The molecule has 1 N–H and O–H groups in total. The summed E-state index contributed by atoms with van der Waals surface area (Å²) >= 11 is 15.2. The van der Waals surface area contributed by atoms with E-state index in [-0.39, 0.29) is 20.8 Å². The molecule has 0 saturated carbocycles. The van der Waals surface area contributed by atoms with Gasteiger partial charge in [0.2, 0.25) is 15.9 Å². The summed E-state index contributed by atoms with van der Waals surface area (Å²) in [5, 5.41) is -0.0102. The number of nitrogens with zero attached hydrogens (tertiary/aromatic N) is 1. The normalized spacial score (nSPS) is 17.1. The minimum Gasteiger partial charge on any atom is -0.341 e. The summed E-state index contributed by atoms with van der Waals surface area (Å²) in [6, 6.07) is 2.01. The van der Waals surface area contributed by atoms with Gasteiger partial charge in [-0.3, -0.25) is 4.79 Å². The Kier molecular flexibility index (Phi) is 6.35. The molecular formula is C14H17BrCl2N2O3S. The van der Waals surface area contributed by atoms with Gasteiger partial charge in [0.15, 0.2) is 0 Å². The molecule has 1 aliphatic heterocycles. The summed E-state index contributed by atoms with van der Waals surface area (Å²) in [6.07, 6.45) is 2.97. The molecule has 2 rings (SSSR count). The highest BCUT2D eigenvalue weighted by Crippen LogP contribution is 2.32. The molecule has 1 aliphatic rings. The molecule has 0 spiro atoms. The van der Waals surface area contributed by atoms with Crippen LogP contribution in [0.2, 0.25) is 10.0 Å². The number of halogens is 3. The Balaban J connectivity index is 2.19. The summed E-state index contributed by atoms with van der Waals surface area (Å²) in [7, 11) is -4.00. The van der Waals surface area contributed by atoms with Crippen molar-refractivity contribution in [3.8, 4) is 0 Å². The van der Waals surface area contributed by atoms with Crippen LogP contribution in [0.1, 0.15) is 26.2 Å². The Labute approximate surface area is 154 Å². The summed E-state index contributed by atoms with van der Waals surface area (Å²) in [6.45, 7) is 2.84. The second-order valence-corrected chi connectivity index (χ2v) is 8.81. The highest BCUT2D eigenvalue weighted by Gasteiger charge is 2.29. The Hall–Kier alpha value is -0.340. The molecule has 9 heteroatoms. The number of rotatable bonds is 4. The standard InChI is InChI=1S/C14H17BrCl2N2O3S/c1-9(14(20)19-5-3-2-4-6-19)18-23(21,22)13-11(16)7-10(15)8-12(13)17/h7-9,18H,2-6H2,1H3. The Morgan fingerprint density at radius 3 is 2.26 bits per heavy atom. The fourth-order valence-electron chi connectivity index (χ4n) is 2.52. The van der Waals surface area contributed by atoms with E-state index in [2.05, 4.69) is 20.7 Å². The van der Waals surface area contributed by atoms with Gasteiger partial charge in [-0.25, -0.2) is 8.42 Å². The van der Waals surface area contributed by atoms with E-state index in [0.717, 1.165) is 19.3 Å². The van der Waals surface area contributed by atoms with Gasteiger partial charge in [0.1, 0.15) is 4.90 Å².